The van der Waals surface area contributed by atoms with Crippen LogP contribution in [0.3, 0.4) is 0 Å². The number of aryl methyl sites for hydroxylation is 1. The van der Waals surface area contributed by atoms with Crippen molar-refractivity contribution in [1.82, 2.24) is 29.3 Å². The molecule has 1 unspecified atom stereocenters. The van der Waals surface area contributed by atoms with Crippen molar-refractivity contribution in [3.8, 4) is 16.6 Å². The smallest absolute Gasteiger partial charge is 0.412 e. The van der Waals surface area contributed by atoms with Crippen LogP contribution in [-0.2, 0) is 30.2 Å². The van der Waals surface area contributed by atoms with E-state index in [1.165, 1.54) is 11.6 Å². The highest BCUT2D eigenvalue weighted by atomic mass is 32.2. The predicted octanol–water partition coefficient (Wildman–Crippen LogP) is 3.62. The molecule has 16 heteroatoms. The van der Waals surface area contributed by atoms with Gasteiger partial charge in [0.05, 0.1) is 28.0 Å². The lowest BCUT2D eigenvalue weighted by Gasteiger charge is -2.04. The molecule has 0 fully saturated rings. The summed E-state index contributed by atoms with van der Waals surface area (Å²) < 4.78 is 92.8. The molecule has 1 atom stereocenters. The van der Waals surface area contributed by atoms with E-state index in [2.05, 4.69) is 20.1 Å². The molecule has 33 heavy (non-hydrogen) atoms. The van der Waals surface area contributed by atoms with Gasteiger partial charge in [0.15, 0.2) is 11.5 Å². The third-order valence-corrected chi connectivity index (χ3v) is 7.18. The van der Waals surface area contributed by atoms with E-state index in [1.54, 1.807) is 6.92 Å². The van der Waals surface area contributed by atoms with Gasteiger partial charge in [-0.1, -0.05) is 18.3 Å². The van der Waals surface area contributed by atoms with Crippen LogP contribution in [0.2, 0.25) is 0 Å². The fourth-order valence-corrected chi connectivity index (χ4v) is 5.15. The predicted molar refractivity (Wildman–Crippen MR) is 107 cm³/mol. The van der Waals surface area contributed by atoms with Crippen molar-refractivity contribution in [3.63, 3.8) is 0 Å². The summed E-state index contributed by atoms with van der Waals surface area (Å²) in [6.45, 7) is 1.64. The number of hydrogen-bond donors (Lipinski definition) is 0. The van der Waals surface area contributed by atoms with Gasteiger partial charge in [-0.3, -0.25) is 4.21 Å². The minimum Gasteiger partial charge on any atom is -0.412 e. The molecule has 4 aromatic rings. The molecule has 0 radical (unpaired) electrons. The lowest BCUT2D eigenvalue weighted by atomic mass is 10.3. The maximum atomic E-state index is 13.0. The van der Waals surface area contributed by atoms with Crippen molar-refractivity contribution in [3.05, 3.63) is 35.9 Å². The molecule has 0 spiro atoms. The minimum atomic E-state index is -4.66. The Balaban J connectivity index is 0.00000306. The van der Waals surface area contributed by atoms with E-state index in [9.17, 15) is 30.6 Å². The van der Waals surface area contributed by atoms with Gasteiger partial charge in [0.2, 0.25) is 5.13 Å². The van der Waals surface area contributed by atoms with Crippen LogP contribution in [0, 0.1) is 0 Å². The SMILES string of the molecule is CCS(=O)c1sc(-n2ccc(C(F)(F)F)n2)nc1-c1nc2cc(C(F)(F)F)ncc2n1C.O. The van der Waals surface area contributed by atoms with Crippen molar-refractivity contribution in [2.24, 2.45) is 7.05 Å². The van der Waals surface area contributed by atoms with E-state index < -0.39 is 34.5 Å². The first-order valence-corrected chi connectivity index (χ1v) is 11.0. The second-order valence-electron chi connectivity index (χ2n) is 6.46. The number of aromatic nitrogens is 6. The van der Waals surface area contributed by atoms with Crippen LogP contribution in [-0.4, -0.2) is 44.7 Å². The van der Waals surface area contributed by atoms with E-state index in [4.69, 9.17) is 0 Å². The van der Waals surface area contributed by atoms with E-state index >= 15 is 0 Å². The molecule has 0 saturated carbocycles. The van der Waals surface area contributed by atoms with Crippen molar-refractivity contribution in [2.45, 2.75) is 23.5 Å². The highest BCUT2D eigenvalue weighted by Gasteiger charge is 2.35. The normalized spacial score (nSPS) is 13.3. The highest BCUT2D eigenvalue weighted by Crippen LogP contribution is 2.36. The Hall–Kier alpha value is -2.85. The number of thiazole rings is 1. The van der Waals surface area contributed by atoms with Crippen LogP contribution in [0.15, 0.2) is 28.7 Å². The molecule has 0 aliphatic carbocycles. The first-order valence-electron chi connectivity index (χ1n) is 8.82. The number of alkyl halides is 6. The van der Waals surface area contributed by atoms with Gasteiger partial charge < -0.3 is 10.0 Å². The van der Waals surface area contributed by atoms with Gasteiger partial charge in [-0.05, 0) is 12.1 Å². The van der Waals surface area contributed by atoms with Crippen molar-refractivity contribution in [2.75, 3.05) is 5.75 Å². The van der Waals surface area contributed by atoms with Crippen LogP contribution < -0.4 is 0 Å². The molecule has 4 rings (SSSR count). The average molecular weight is 512 g/mol. The Kier molecular flexibility index (Phi) is 6.38. The average Bonchev–Trinajstić information content (AvgIpc) is 3.43. The maximum absolute atomic E-state index is 13.0. The van der Waals surface area contributed by atoms with E-state index in [1.807, 2.05) is 0 Å². The Morgan fingerprint density at radius 2 is 1.76 bits per heavy atom. The van der Waals surface area contributed by atoms with Crippen molar-refractivity contribution >= 4 is 33.2 Å². The molecular formula is C17H14F6N6O2S2. The molecule has 0 aromatic carbocycles. The first kappa shape index (κ1) is 24.8. The molecular weight excluding hydrogens is 498 g/mol. The molecule has 0 aliphatic rings. The largest absolute Gasteiger partial charge is 0.435 e. The van der Waals surface area contributed by atoms with Crippen molar-refractivity contribution < 1.29 is 36.0 Å². The summed E-state index contributed by atoms with van der Waals surface area (Å²) in [6, 6.07) is 1.56. The van der Waals surface area contributed by atoms with E-state index in [-0.39, 0.29) is 43.1 Å². The molecule has 4 heterocycles. The second kappa shape index (κ2) is 8.49. The monoisotopic (exact) mass is 512 g/mol. The molecule has 0 saturated heterocycles. The summed E-state index contributed by atoms with van der Waals surface area (Å²) in [7, 11) is -0.0495. The third-order valence-electron chi connectivity index (χ3n) is 4.40. The quantitative estimate of drug-likeness (QED) is 0.388. The lowest BCUT2D eigenvalue weighted by Crippen LogP contribution is -2.07. The summed E-state index contributed by atoms with van der Waals surface area (Å²) in [6.07, 6.45) is -7.23. The highest BCUT2D eigenvalue weighted by molar-refractivity contribution is 7.87. The molecule has 0 aliphatic heterocycles. The number of imidazole rings is 1. The molecule has 178 valence electrons. The molecule has 0 bridgehead atoms. The summed E-state index contributed by atoms with van der Waals surface area (Å²) in [5.41, 5.74) is -1.90. The van der Waals surface area contributed by atoms with Gasteiger partial charge in [-0.2, -0.15) is 31.4 Å². The molecule has 4 aromatic heterocycles. The van der Waals surface area contributed by atoms with E-state index in [0.717, 1.165) is 40.5 Å². The van der Waals surface area contributed by atoms with Gasteiger partial charge >= 0.3 is 12.4 Å². The lowest BCUT2D eigenvalue weighted by molar-refractivity contribution is -0.142. The topological polar surface area (TPSA) is 110 Å². The number of pyridine rings is 1. The molecule has 0 amide bonds. The van der Waals surface area contributed by atoms with Gasteiger partial charge in [-0.25, -0.2) is 19.6 Å². The van der Waals surface area contributed by atoms with Gasteiger partial charge in [0, 0.05) is 19.0 Å². The first-order chi connectivity index (χ1) is 14.9. The molecule has 8 nitrogen and oxygen atoms in total. The number of nitrogens with zero attached hydrogens (tertiary/aromatic N) is 6. The van der Waals surface area contributed by atoms with Crippen LogP contribution in [0.25, 0.3) is 27.7 Å². The fourth-order valence-electron chi connectivity index (χ4n) is 2.86. The zero-order valence-corrected chi connectivity index (χ0v) is 18.3. The van der Waals surface area contributed by atoms with Gasteiger partial charge in [-0.15, -0.1) is 0 Å². The summed E-state index contributed by atoms with van der Waals surface area (Å²) in [4.78, 5) is 11.9. The number of hydrogen-bond acceptors (Lipinski definition) is 6. The third kappa shape index (κ3) is 4.49. The maximum Gasteiger partial charge on any atom is 0.435 e. The van der Waals surface area contributed by atoms with Crippen LogP contribution in [0.1, 0.15) is 18.3 Å². The van der Waals surface area contributed by atoms with Crippen molar-refractivity contribution in [1.29, 1.82) is 0 Å². The zero-order chi connectivity index (χ0) is 23.4. The van der Waals surface area contributed by atoms with Gasteiger partial charge in [0.25, 0.3) is 0 Å². The van der Waals surface area contributed by atoms with Crippen LogP contribution in [0.4, 0.5) is 26.3 Å². The second-order valence-corrected chi connectivity index (χ2v) is 9.37. The Morgan fingerprint density at radius 3 is 2.33 bits per heavy atom. The van der Waals surface area contributed by atoms with Gasteiger partial charge in [0.1, 0.15) is 15.6 Å². The number of fused-ring (bicyclic) bond motifs is 1. The van der Waals surface area contributed by atoms with E-state index in [0.29, 0.717) is 0 Å². The number of rotatable bonds is 4. The zero-order valence-electron chi connectivity index (χ0n) is 16.7. The number of halogens is 6. The Bertz CT molecular complexity index is 1340. The minimum absolute atomic E-state index is 0. The summed E-state index contributed by atoms with van der Waals surface area (Å²) in [5, 5.41) is 3.48. The Labute approximate surface area is 187 Å². The molecule has 2 N–H and O–H groups in total. The van der Waals surface area contributed by atoms with Crippen LogP contribution in [0.5, 0.6) is 0 Å². The Morgan fingerprint density at radius 1 is 1.09 bits per heavy atom. The fraction of sp³-hybridized carbons (Fsp3) is 0.294. The standard InChI is InChI=1S/C17H12F6N6OS2.H2O/c1-3-32(30)14-12(26-15(31-14)29-5-4-10(27-29)16(18,19)20)13-25-8-6-11(17(21,22)23)24-7-9(8)28(13)2;/h4-7H,3H2,1-2H3;1H2. The van der Waals surface area contributed by atoms with Crippen LogP contribution >= 0.6 is 11.3 Å². The summed E-state index contributed by atoms with van der Waals surface area (Å²) in [5.74, 6) is 0.286. The summed E-state index contributed by atoms with van der Waals surface area (Å²) >= 11 is 0.863.